The van der Waals surface area contributed by atoms with Gasteiger partial charge in [-0.3, -0.25) is 9.78 Å². The molecule has 4 aromatic rings. The van der Waals surface area contributed by atoms with E-state index in [1.807, 2.05) is 18.2 Å². The first-order chi connectivity index (χ1) is 11.8. The van der Waals surface area contributed by atoms with Gasteiger partial charge in [0.25, 0.3) is 5.91 Å². The molecule has 0 aliphatic heterocycles. The second kappa shape index (κ2) is 6.21. The van der Waals surface area contributed by atoms with Crippen molar-refractivity contribution in [3.05, 3.63) is 65.8 Å². The summed E-state index contributed by atoms with van der Waals surface area (Å²) in [5.41, 5.74) is 4.53. The first-order valence-corrected chi connectivity index (χ1v) is 8.14. The van der Waals surface area contributed by atoms with Gasteiger partial charge in [0.2, 0.25) is 0 Å². The summed E-state index contributed by atoms with van der Waals surface area (Å²) in [5.74, 6) is 0.458. The van der Waals surface area contributed by atoms with E-state index in [4.69, 9.17) is 4.42 Å². The Morgan fingerprint density at radius 3 is 2.96 bits per heavy atom. The molecule has 0 aliphatic rings. The molecule has 0 atom stereocenters. The number of nitrogens with one attached hydrogen (secondary N) is 1. The molecule has 6 nitrogen and oxygen atoms in total. The predicted molar refractivity (Wildman–Crippen MR) is 90.5 cm³/mol. The number of hydrogen-bond donors (Lipinski definition) is 1. The number of aromatic nitrogens is 3. The average molecular weight is 336 g/mol. The van der Waals surface area contributed by atoms with Gasteiger partial charge in [0.05, 0.1) is 34.2 Å². The quantitative estimate of drug-likeness (QED) is 0.618. The maximum Gasteiger partial charge on any atom is 0.251 e. The molecule has 0 saturated heterocycles. The van der Waals surface area contributed by atoms with Gasteiger partial charge in [-0.15, -0.1) is 11.3 Å². The van der Waals surface area contributed by atoms with Gasteiger partial charge in [-0.2, -0.15) is 0 Å². The van der Waals surface area contributed by atoms with Crippen LogP contribution in [0, 0.1) is 0 Å². The fourth-order valence-corrected chi connectivity index (χ4v) is 3.09. The van der Waals surface area contributed by atoms with Crippen LogP contribution in [0.3, 0.4) is 0 Å². The maximum absolute atomic E-state index is 12.4. The van der Waals surface area contributed by atoms with Crippen LogP contribution in [0.5, 0.6) is 0 Å². The lowest BCUT2D eigenvalue weighted by Crippen LogP contribution is -2.23. The Kier molecular flexibility index (Phi) is 3.76. The molecule has 3 heterocycles. The normalized spacial score (nSPS) is 10.8. The zero-order valence-corrected chi connectivity index (χ0v) is 13.3. The number of furan rings is 1. The number of carbonyl (C=O) groups excluding carboxylic acids is 1. The molecule has 0 radical (unpaired) electrons. The Morgan fingerprint density at radius 1 is 1.17 bits per heavy atom. The zero-order chi connectivity index (χ0) is 16.4. The molecule has 1 aromatic carbocycles. The molecule has 1 amide bonds. The number of amides is 1. The van der Waals surface area contributed by atoms with E-state index in [2.05, 4.69) is 20.3 Å². The molecule has 0 bridgehead atoms. The van der Waals surface area contributed by atoms with E-state index in [1.54, 1.807) is 36.3 Å². The van der Waals surface area contributed by atoms with Crippen molar-refractivity contribution in [3.63, 3.8) is 0 Å². The highest BCUT2D eigenvalue weighted by atomic mass is 32.1. The standard InChI is InChI=1S/C17H12N4O2S/c22-17(11-3-4-12-15(8-11)24-10-21-12)20-9-13-16(19-6-5-18-13)14-2-1-7-23-14/h1-8,10H,9H2,(H,20,22). The van der Waals surface area contributed by atoms with Gasteiger partial charge in [0.1, 0.15) is 5.69 Å². The molecule has 118 valence electrons. The summed E-state index contributed by atoms with van der Waals surface area (Å²) in [6.07, 6.45) is 4.77. The second-order valence-electron chi connectivity index (χ2n) is 5.05. The largest absolute Gasteiger partial charge is 0.463 e. The summed E-state index contributed by atoms with van der Waals surface area (Å²) >= 11 is 1.51. The van der Waals surface area contributed by atoms with E-state index in [9.17, 15) is 4.79 Å². The lowest BCUT2D eigenvalue weighted by Gasteiger charge is -2.07. The van der Waals surface area contributed by atoms with Crippen LogP contribution in [0.15, 0.2) is 58.9 Å². The van der Waals surface area contributed by atoms with Crippen LogP contribution in [0.2, 0.25) is 0 Å². The smallest absolute Gasteiger partial charge is 0.251 e. The van der Waals surface area contributed by atoms with Crippen LogP contribution in [0.1, 0.15) is 16.1 Å². The van der Waals surface area contributed by atoms with Crippen molar-refractivity contribution < 1.29 is 9.21 Å². The van der Waals surface area contributed by atoms with Gasteiger partial charge in [-0.05, 0) is 30.3 Å². The average Bonchev–Trinajstić information content (AvgIpc) is 3.30. The number of thiazole rings is 1. The molecule has 0 spiro atoms. The highest BCUT2D eigenvalue weighted by molar-refractivity contribution is 7.16. The highest BCUT2D eigenvalue weighted by Crippen LogP contribution is 2.21. The van der Waals surface area contributed by atoms with E-state index in [0.717, 1.165) is 10.2 Å². The molecule has 3 aromatic heterocycles. The molecule has 24 heavy (non-hydrogen) atoms. The lowest BCUT2D eigenvalue weighted by molar-refractivity contribution is 0.0950. The van der Waals surface area contributed by atoms with E-state index in [0.29, 0.717) is 22.7 Å². The molecule has 1 N–H and O–H groups in total. The zero-order valence-electron chi connectivity index (χ0n) is 12.5. The summed E-state index contributed by atoms with van der Waals surface area (Å²) in [4.78, 5) is 25.2. The van der Waals surface area contributed by atoms with Crippen LogP contribution in [0.25, 0.3) is 21.7 Å². The number of fused-ring (bicyclic) bond motifs is 1. The van der Waals surface area contributed by atoms with Gasteiger partial charge in [-0.1, -0.05) is 0 Å². The minimum atomic E-state index is -0.165. The van der Waals surface area contributed by atoms with E-state index < -0.39 is 0 Å². The van der Waals surface area contributed by atoms with Gasteiger partial charge in [0.15, 0.2) is 5.76 Å². The summed E-state index contributed by atoms with van der Waals surface area (Å²) in [6.45, 7) is 0.267. The third-order valence-corrected chi connectivity index (χ3v) is 4.33. The Morgan fingerprint density at radius 2 is 2.08 bits per heavy atom. The Hall–Kier alpha value is -3.06. The predicted octanol–water partition coefficient (Wildman–Crippen LogP) is 3.28. The number of benzene rings is 1. The molecule has 0 fully saturated rings. The van der Waals surface area contributed by atoms with Crippen molar-refractivity contribution in [2.45, 2.75) is 6.54 Å². The van der Waals surface area contributed by atoms with Crippen molar-refractivity contribution in [2.24, 2.45) is 0 Å². The monoisotopic (exact) mass is 336 g/mol. The summed E-state index contributed by atoms with van der Waals surface area (Å²) < 4.78 is 6.35. The second-order valence-corrected chi connectivity index (χ2v) is 5.93. The number of hydrogen-bond acceptors (Lipinski definition) is 6. The van der Waals surface area contributed by atoms with Crippen molar-refractivity contribution in [2.75, 3.05) is 0 Å². The number of nitrogens with zero attached hydrogens (tertiary/aromatic N) is 3. The third-order valence-electron chi connectivity index (χ3n) is 3.54. The van der Waals surface area contributed by atoms with Crippen LogP contribution in [0.4, 0.5) is 0 Å². The van der Waals surface area contributed by atoms with E-state index in [1.165, 1.54) is 11.3 Å². The molecular weight excluding hydrogens is 324 g/mol. The van der Waals surface area contributed by atoms with Gasteiger partial charge < -0.3 is 9.73 Å². The summed E-state index contributed by atoms with van der Waals surface area (Å²) in [7, 11) is 0. The van der Waals surface area contributed by atoms with Crippen LogP contribution in [-0.4, -0.2) is 20.9 Å². The van der Waals surface area contributed by atoms with Crippen LogP contribution >= 0.6 is 11.3 Å². The van der Waals surface area contributed by atoms with E-state index >= 15 is 0 Å². The van der Waals surface area contributed by atoms with Crippen LogP contribution < -0.4 is 5.32 Å². The fraction of sp³-hybridized carbons (Fsp3) is 0.0588. The molecular formula is C17H12N4O2S. The van der Waals surface area contributed by atoms with Crippen molar-refractivity contribution in [3.8, 4) is 11.5 Å². The Balaban J connectivity index is 1.53. The third kappa shape index (κ3) is 2.77. The summed E-state index contributed by atoms with van der Waals surface area (Å²) in [5, 5.41) is 2.88. The minimum Gasteiger partial charge on any atom is -0.463 e. The first-order valence-electron chi connectivity index (χ1n) is 7.26. The summed E-state index contributed by atoms with van der Waals surface area (Å²) in [6, 6.07) is 9.05. The minimum absolute atomic E-state index is 0.165. The number of rotatable bonds is 4. The van der Waals surface area contributed by atoms with Crippen LogP contribution in [-0.2, 0) is 6.54 Å². The van der Waals surface area contributed by atoms with E-state index in [-0.39, 0.29) is 12.5 Å². The highest BCUT2D eigenvalue weighted by Gasteiger charge is 2.13. The maximum atomic E-state index is 12.4. The topological polar surface area (TPSA) is 80.9 Å². The molecule has 7 heteroatoms. The molecule has 0 aliphatic carbocycles. The molecule has 0 unspecified atom stereocenters. The molecule has 4 rings (SSSR count). The first kappa shape index (κ1) is 14.5. The van der Waals surface area contributed by atoms with Crippen molar-refractivity contribution >= 4 is 27.5 Å². The Labute approximate surface area is 141 Å². The van der Waals surface area contributed by atoms with Gasteiger partial charge in [0, 0.05) is 18.0 Å². The number of carbonyl (C=O) groups is 1. The fourth-order valence-electron chi connectivity index (χ4n) is 2.38. The van der Waals surface area contributed by atoms with Crippen molar-refractivity contribution in [1.29, 1.82) is 0 Å². The molecule has 0 saturated carbocycles. The van der Waals surface area contributed by atoms with Gasteiger partial charge in [-0.25, -0.2) is 9.97 Å². The van der Waals surface area contributed by atoms with Crippen molar-refractivity contribution in [1.82, 2.24) is 20.3 Å². The lowest BCUT2D eigenvalue weighted by atomic mass is 10.2. The van der Waals surface area contributed by atoms with Gasteiger partial charge >= 0.3 is 0 Å². The SMILES string of the molecule is O=C(NCc1nccnc1-c1ccco1)c1ccc2ncsc2c1. The Bertz CT molecular complexity index is 995.